The van der Waals surface area contributed by atoms with E-state index in [-0.39, 0.29) is 0 Å². The molecule has 0 aromatic heterocycles. The number of hydrogen-bond acceptors (Lipinski definition) is 4. The zero-order valence-electron chi connectivity index (χ0n) is 11.0. The van der Waals surface area contributed by atoms with Crippen molar-refractivity contribution in [2.45, 2.75) is 6.92 Å². The second kappa shape index (κ2) is 6.31. The van der Waals surface area contributed by atoms with Gasteiger partial charge in [-0.3, -0.25) is 0 Å². The van der Waals surface area contributed by atoms with E-state index in [0.717, 1.165) is 4.47 Å². The zero-order valence-corrected chi connectivity index (χ0v) is 12.6. The summed E-state index contributed by atoms with van der Waals surface area (Å²) in [5.41, 5.74) is 8.55. The van der Waals surface area contributed by atoms with Crippen molar-refractivity contribution in [2.24, 2.45) is 0 Å². The van der Waals surface area contributed by atoms with Crippen LogP contribution in [0.25, 0.3) is 0 Å². The van der Waals surface area contributed by atoms with Crippen LogP contribution in [0, 0.1) is 11.3 Å². The first-order valence-electron chi connectivity index (χ1n) is 6.13. The first kappa shape index (κ1) is 14.2. The van der Waals surface area contributed by atoms with E-state index in [4.69, 9.17) is 15.7 Å². The van der Waals surface area contributed by atoms with Crippen molar-refractivity contribution in [1.29, 1.82) is 5.26 Å². The number of ether oxygens (including phenoxy) is 1. The molecule has 0 unspecified atom stereocenters. The van der Waals surface area contributed by atoms with E-state index in [0.29, 0.717) is 35.0 Å². The molecule has 0 spiro atoms. The Morgan fingerprint density at radius 3 is 2.80 bits per heavy atom. The molecule has 0 aliphatic heterocycles. The van der Waals surface area contributed by atoms with E-state index >= 15 is 0 Å². The summed E-state index contributed by atoms with van der Waals surface area (Å²) >= 11 is 3.39. The van der Waals surface area contributed by atoms with Gasteiger partial charge in [0.1, 0.15) is 11.8 Å². The molecule has 2 aromatic rings. The second-order valence-electron chi connectivity index (χ2n) is 4.08. The van der Waals surface area contributed by atoms with E-state index in [1.165, 1.54) is 0 Å². The summed E-state index contributed by atoms with van der Waals surface area (Å²) in [6.07, 6.45) is 0. The van der Waals surface area contributed by atoms with Gasteiger partial charge >= 0.3 is 0 Å². The third-order valence-corrected chi connectivity index (χ3v) is 3.23. The minimum Gasteiger partial charge on any atom is -0.492 e. The fourth-order valence-electron chi connectivity index (χ4n) is 1.80. The molecule has 4 nitrogen and oxygen atoms in total. The molecule has 0 heterocycles. The Morgan fingerprint density at radius 2 is 2.10 bits per heavy atom. The fraction of sp³-hybridized carbons (Fsp3) is 0.133. The van der Waals surface area contributed by atoms with Crippen LogP contribution in [0.4, 0.5) is 17.1 Å². The van der Waals surface area contributed by atoms with Crippen LogP contribution in [0.2, 0.25) is 0 Å². The van der Waals surface area contributed by atoms with Crippen molar-refractivity contribution in [3.8, 4) is 11.8 Å². The highest BCUT2D eigenvalue weighted by molar-refractivity contribution is 9.10. The molecule has 2 aromatic carbocycles. The lowest BCUT2D eigenvalue weighted by atomic mass is 10.1. The summed E-state index contributed by atoms with van der Waals surface area (Å²) in [6, 6.07) is 13.1. The molecule has 0 saturated heterocycles. The normalized spacial score (nSPS) is 9.85. The fourth-order valence-corrected chi connectivity index (χ4v) is 2.16. The van der Waals surface area contributed by atoms with Crippen molar-refractivity contribution in [3.05, 3.63) is 46.4 Å². The summed E-state index contributed by atoms with van der Waals surface area (Å²) < 4.78 is 6.34. The van der Waals surface area contributed by atoms with Crippen molar-refractivity contribution >= 4 is 33.0 Å². The molecule has 0 atom stereocenters. The van der Waals surface area contributed by atoms with Crippen LogP contribution in [0.15, 0.2) is 40.9 Å². The van der Waals surface area contributed by atoms with E-state index in [2.05, 4.69) is 27.3 Å². The van der Waals surface area contributed by atoms with Crippen LogP contribution in [0.5, 0.6) is 5.75 Å². The average Bonchev–Trinajstić information content (AvgIpc) is 2.44. The van der Waals surface area contributed by atoms with Gasteiger partial charge in [-0.15, -0.1) is 0 Å². The van der Waals surface area contributed by atoms with E-state index in [1.807, 2.05) is 37.3 Å². The molecule has 0 aliphatic carbocycles. The summed E-state index contributed by atoms with van der Waals surface area (Å²) in [6.45, 7) is 2.45. The lowest BCUT2D eigenvalue weighted by molar-refractivity contribution is 0.342. The Kier molecular flexibility index (Phi) is 4.49. The number of nitriles is 1. The van der Waals surface area contributed by atoms with Crippen molar-refractivity contribution < 1.29 is 4.74 Å². The van der Waals surface area contributed by atoms with Gasteiger partial charge in [0.2, 0.25) is 0 Å². The Morgan fingerprint density at radius 1 is 1.30 bits per heavy atom. The van der Waals surface area contributed by atoms with Gasteiger partial charge in [0, 0.05) is 4.47 Å². The minimum absolute atomic E-state index is 0.526. The molecule has 3 N–H and O–H groups in total. The van der Waals surface area contributed by atoms with Crippen LogP contribution in [-0.2, 0) is 0 Å². The first-order chi connectivity index (χ1) is 9.65. The summed E-state index contributed by atoms with van der Waals surface area (Å²) in [4.78, 5) is 0. The number of anilines is 3. The van der Waals surface area contributed by atoms with Crippen molar-refractivity contribution in [3.63, 3.8) is 0 Å². The van der Waals surface area contributed by atoms with Gasteiger partial charge in [0.25, 0.3) is 0 Å². The minimum atomic E-state index is 0.526. The molecule has 0 radical (unpaired) electrons. The highest BCUT2D eigenvalue weighted by Crippen LogP contribution is 2.33. The van der Waals surface area contributed by atoms with Crippen LogP contribution >= 0.6 is 15.9 Å². The smallest absolute Gasteiger partial charge is 0.144 e. The Balaban J connectivity index is 2.38. The number of halogens is 1. The lowest BCUT2D eigenvalue weighted by Gasteiger charge is -2.14. The number of hydrogen-bond donors (Lipinski definition) is 2. The maximum absolute atomic E-state index is 9.13. The van der Waals surface area contributed by atoms with Crippen LogP contribution in [-0.4, -0.2) is 6.61 Å². The van der Waals surface area contributed by atoms with Gasteiger partial charge in [0.15, 0.2) is 0 Å². The summed E-state index contributed by atoms with van der Waals surface area (Å²) in [7, 11) is 0. The van der Waals surface area contributed by atoms with Crippen molar-refractivity contribution in [2.75, 3.05) is 17.7 Å². The summed E-state index contributed by atoms with van der Waals surface area (Å²) in [5, 5.41) is 12.3. The topological polar surface area (TPSA) is 71.1 Å². The number of nitrogens with zero attached hydrogens (tertiary/aromatic N) is 1. The maximum Gasteiger partial charge on any atom is 0.144 e. The van der Waals surface area contributed by atoms with Gasteiger partial charge in [-0.25, -0.2) is 0 Å². The number of nitrogens with one attached hydrogen (secondary N) is 1. The van der Waals surface area contributed by atoms with E-state index in [1.54, 1.807) is 6.07 Å². The van der Waals surface area contributed by atoms with Crippen LogP contribution in [0.1, 0.15) is 12.5 Å². The van der Waals surface area contributed by atoms with Gasteiger partial charge in [-0.05, 0) is 37.3 Å². The molecular formula is C15H14BrN3O. The molecule has 2 rings (SSSR count). The molecule has 20 heavy (non-hydrogen) atoms. The number of benzene rings is 2. The highest BCUT2D eigenvalue weighted by atomic mass is 79.9. The van der Waals surface area contributed by atoms with Crippen molar-refractivity contribution in [1.82, 2.24) is 0 Å². The van der Waals surface area contributed by atoms with Gasteiger partial charge in [0.05, 0.1) is 29.2 Å². The van der Waals surface area contributed by atoms with Gasteiger partial charge in [-0.2, -0.15) is 5.26 Å². The average molecular weight is 332 g/mol. The monoisotopic (exact) mass is 331 g/mol. The Bertz CT molecular complexity index is 665. The zero-order chi connectivity index (χ0) is 14.5. The molecule has 0 fully saturated rings. The number of nitrogens with two attached hydrogens (primary N) is 1. The third-order valence-electron chi connectivity index (χ3n) is 2.74. The Hall–Kier alpha value is -2.19. The van der Waals surface area contributed by atoms with Crippen LogP contribution < -0.4 is 15.8 Å². The molecule has 102 valence electrons. The number of rotatable bonds is 4. The Labute approximate surface area is 126 Å². The van der Waals surface area contributed by atoms with Gasteiger partial charge < -0.3 is 15.8 Å². The predicted octanol–water partition coefficient (Wildman–Crippen LogP) is 4.05. The number of nitrogen functional groups attached to an aromatic ring is 1. The lowest BCUT2D eigenvalue weighted by Crippen LogP contribution is -2.02. The quantitative estimate of drug-likeness (QED) is 0.829. The number of para-hydroxylation sites is 1. The largest absolute Gasteiger partial charge is 0.492 e. The molecule has 0 amide bonds. The predicted molar refractivity (Wildman–Crippen MR) is 84.2 cm³/mol. The van der Waals surface area contributed by atoms with Gasteiger partial charge in [-0.1, -0.05) is 22.0 Å². The SMILES string of the molecule is CCOc1cccc(Nc2cc(Br)ccc2C#N)c1N. The third kappa shape index (κ3) is 3.03. The van der Waals surface area contributed by atoms with E-state index < -0.39 is 0 Å². The van der Waals surface area contributed by atoms with E-state index in [9.17, 15) is 0 Å². The maximum atomic E-state index is 9.13. The molecule has 5 heteroatoms. The first-order valence-corrected chi connectivity index (χ1v) is 6.93. The second-order valence-corrected chi connectivity index (χ2v) is 4.99. The molecule has 0 saturated carbocycles. The highest BCUT2D eigenvalue weighted by Gasteiger charge is 2.08. The summed E-state index contributed by atoms with van der Waals surface area (Å²) in [5.74, 6) is 0.631. The molecule has 0 aliphatic rings. The molecular weight excluding hydrogens is 318 g/mol. The standard InChI is InChI=1S/C15H14BrN3O/c1-2-20-14-5-3-4-12(15(14)18)19-13-8-11(16)7-6-10(13)9-17/h3-8,19H,2,18H2,1H3. The molecule has 0 bridgehead atoms. The van der Waals surface area contributed by atoms with Crippen LogP contribution in [0.3, 0.4) is 0 Å².